The van der Waals surface area contributed by atoms with Gasteiger partial charge in [-0.15, -0.1) is 0 Å². The molecule has 5 heteroatoms. The van der Waals surface area contributed by atoms with Gasteiger partial charge in [0.2, 0.25) is 5.91 Å². The average Bonchev–Trinajstić information content (AvgIpc) is 2.51. The summed E-state index contributed by atoms with van der Waals surface area (Å²) in [6, 6.07) is 9.05. The van der Waals surface area contributed by atoms with Crippen LogP contribution in [0.1, 0.15) is 45.4 Å². The summed E-state index contributed by atoms with van der Waals surface area (Å²) in [7, 11) is 0. The summed E-state index contributed by atoms with van der Waals surface area (Å²) in [5.74, 6) is 0.0765. The summed E-state index contributed by atoms with van der Waals surface area (Å²) in [6.45, 7) is 2.03. The third-order valence-electron chi connectivity index (χ3n) is 2.96. The van der Waals surface area contributed by atoms with Gasteiger partial charge in [0, 0.05) is 6.42 Å². The van der Waals surface area contributed by atoms with Crippen molar-refractivity contribution in [1.82, 2.24) is 10.9 Å². The lowest BCUT2D eigenvalue weighted by atomic mass is 10.1. The second-order valence-corrected chi connectivity index (χ2v) is 4.86. The number of rotatable bonds is 9. The summed E-state index contributed by atoms with van der Waals surface area (Å²) >= 11 is 0. The second-order valence-electron chi connectivity index (χ2n) is 4.86. The molecule has 0 fully saturated rings. The van der Waals surface area contributed by atoms with Crippen LogP contribution < -0.4 is 15.6 Å². The van der Waals surface area contributed by atoms with Crippen LogP contribution in [0.3, 0.4) is 0 Å². The summed E-state index contributed by atoms with van der Waals surface area (Å²) in [5, 5.41) is 0. The molecule has 21 heavy (non-hydrogen) atoms. The van der Waals surface area contributed by atoms with Gasteiger partial charge in [0.15, 0.2) is 6.61 Å². The Kier molecular flexibility index (Phi) is 8.68. The fraction of sp³-hybridized carbons (Fsp3) is 0.500. The van der Waals surface area contributed by atoms with Crippen LogP contribution in [0.15, 0.2) is 30.3 Å². The normalized spacial score (nSPS) is 9.95. The maximum Gasteiger partial charge on any atom is 0.276 e. The van der Waals surface area contributed by atoms with Crippen molar-refractivity contribution >= 4 is 11.8 Å². The fourth-order valence-electron chi connectivity index (χ4n) is 1.79. The molecular formula is C16H24N2O3. The van der Waals surface area contributed by atoms with Crippen LogP contribution in [-0.2, 0) is 9.59 Å². The SMILES string of the molecule is CCCCCCCC(=O)NNC(=O)COc1ccccc1. The van der Waals surface area contributed by atoms with E-state index in [1.54, 1.807) is 12.1 Å². The predicted molar refractivity (Wildman–Crippen MR) is 81.6 cm³/mol. The maximum atomic E-state index is 11.5. The van der Waals surface area contributed by atoms with E-state index in [0.717, 1.165) is 19.3 Å². The van der Waals surface area contributed by atoms with Crippen molar-refractivity contribution in [2.75, 3.05) is 6.61 Å². The van der Waals surface area contributed by atoms with E-state index in [-0.39, 0.29) is 18.4 Å². The lowest BCUT2D eigenvalue weighted by Crippen LogP contribution is -2.43. The van der Waals surface area contributed by atoms with Crippen LogP contribution in [0.5, 0.6) is 5.75 Å². The molecule has 0 aliphatic heterocycles. The average molecular weight is 292 g/mol. The van der Waals surface area contributed by atoms with Crippen molar-refractivity contribution in [3.05, 3.63) is 30.3 Å². The molecule has 1 aromatic rings. The van der Waals surface area contributed by atoms with E-state index in [2.05, 4.69) is 17.8 Å². The van der Waals surface area contributed by atoms with E-state index in [1.165, 1.54) is 12.8 Å². The second kappa shape index (κ2) is 10.7. The Morgan fingerprint density at radius 2 is 1.62 bits per heavy atom. The van der Waals surface area contributed by atoms with Crippen LogP contribution in [0.4, 0.5) is 0 Å². The zero-order valence-corrected chi connectivity index (χ0v) is 12.6. The molecule has 0 heterocycles. The molecule has 0 radical (unpaired) electrons. The molecular weight excluding hydrogens is 268 g/mol. The minimum absolute atomic E-state index is 0.124. The van der Waals surface area contributed by atoms with Crippen LogP contribution >= 0.6 is 0 Å². The van der Waals surface area contributed by atoms with Gasteiger partial charge in [-0.1, -0.05) is 50.8 Å². The number of nitrogens with one attached hydrogen (secondary N) is 2. The van der Waals surface area contributed by atoms with Crippen LogP contribution in [0.25, 0.3) is 0 Å². The molecule has 0 spiro atoms. The number of unbranched alkanes of at least 4 members (excludes halogenated alkanes) is 4. The molecule has 1 rings (SSSR count). The van der Waals surface area contributed by atoms with Gasteiger partial charge in [-0.3, -0.25) is 20.4 Å². The fourth-order valence-corrected chi connectivity index (χ4v) is 1.79. The molecule has 0 aromatic heterocycles. The molecule has 2 N–H and O–H groups in total. The minimum Gasteiger partial charge on any atom is -0.484 e. The standard InChI is InChI=1S/C16H24N2O3/c1-2-3-4-5-9-12-15(19)17-18-16(20)13-21-14-10-7-6-8-11-14/h6-8,10-11H,2-5,9,12-13H2,1H3,(H,17,19)(H,18,20). The molecule has 0 atom stereocenters. The third-order valence-corrected chi connectivity index (χ3v) is 2.96. The van der Waals surface area contributed by atoms with Gasteiger partial charge in [0.05, 0.1) is 0 Å². The Morgan fingerprint density at radius 1 is 0.952 bits per heavy atom. The molecule has 2 amide bonds. The number of benzene rings is 1. The highest BCUT2D eigenvalue weighted by Gasteiger charge is 2.05. The molecule has 116 valence electrons. The number of hydrogen-bond donors (Lipinski definition) is 2. The van der Waals surface area contributed by atoms with E-state index in [4.69, 9.17) is 4.74 Å². The van der Waals surface area contributed by atoms with Gasteiger partial charge in [-0.25, -0.2) is 0 Å². The van der Waals surface area contributed by atoms with Crippen LogP contribution in [0.2, 0.25) is 0 Å². The van der Waals surface area contributed by atoms with E-state index < -0.39 is 0 Å². The Bertz CT molecular complexity index is 421. The van der Waals surface area contributed by atoms with Crippen molar-refractivity contribution < 1.29 is 14.3 Å². The third kappa shape index (κ3) is 8.68. The molecule has 0 saturated heterocycles. The summed E-state index contributed by atoms with van der Waals surface area (Å²) < 4.78 is 5.26. The van der Waals surface area contributed by atoms with Gasteiger partial charge in [0.1, 0.15) is 5.75 Å². The molecule has 5 nitrogen and oxygen atoms in total. The Hall–Kier alpha value is -2.04. The number of hydrogen-bond acceptors (Lipinski definition) is 3. The largest absolute Gasteiger partial charge is 0.484 e. The van der Waals surface area contributed by atoms with E-state index in [9.17, 15) is 9.59 Å². The highest BCUT2D eigenvalue weighted by Crippen LogP contribution is 2.07. The van der Waals surface area contributed by atoms with Crippen LogP contribution in [0, 0.1) is 0 Å². The zero-order valence-electron chi connectivity index (χ0n) is 12.6. The summed E-state index contributed by atoms with van der Waals surface area (Å²) in [4.78, 5) is 23.0. The van der Waals surface area contributed by atoms with Crippen molar-refractivity contribution in [3.63, 3.8) is 0 Å². The molecule has 0 bridgehead atoms. The van der Waals surface area contributed by atoms with Crippen molar-refractivity contribution in [3.8, 4) is 5.75 Å². The van der Waals surface area contributed by atoms with Gasteiger partial charge < -0.3 is 4.74 Å². The van der Waals surface area contributed by atoms with Gasteiger partial charge in [0.25, 0.3) is 5.91 Å². The topological polar surface area (TPSA) is 67.4 Å². The van der Waals surface area contributed by atoms with E-state index in [1.807, 2.05) is 18.2 Å². The number of ether oxygens (including phenoxy) is 1. The first kappa shape index (κ1) is 17.0. The number of carbonyl (C=O) groups is 2. The Morgan fingerprint density at radius 3 is 2.33 bits per heavy atom. The van der Waals surface area contributed by atoms with Gasteiger partial charge >= 0.3 is 0 Å². The van der Waals surface area contributed by atoms with Crippen molar-refractivity contribution in [2.24, 2.45) is 0 Å². The first-order valence-corrected chi connectivity index (χ1v) is 7.48. The molecule has 0 unspecified atom stereocenters. The smallest absolute Gasteiger partial charge is 0.276 e. The number of amides is 2. The van der Waals surface area contributed by atoms with Gasteiger partial charge in [-0.05, 0) is 18.6 Å². The van der Waals surface area contributed by atoms with E-state index in [0.29, 0.717) is 12.2 Å². The van der Waals surface area contributed by atoms with Gasteiger partial charge in [-0.2, -0.15) is 0 Å². The van der Waals surface area contributed by atoms with Crippen LogP contribution in [-0.4, -0.2) is 18.4 Å². The number of carbonyl (C=O) groups excluding carboxylic acids is 2. The highest BCUT2D eigenvalue weighted by atomic mass is 16.5. The number of para-hydroxylation sites is 1. The quantitative estimate of drug-likeness (QED) is 0.543. The highest BCUT2D eigenvalue weighted by molar-refractivity contribution is 5.82. The predicted octanol–water partition coefficient (Wildman–Crippen LogP) is 2.57. The zero-order chi connectivity index (χ0) is 15.3. The maximum absolute atomic E-state index is 11.5. The molecule has 0 aliphatic rings. The van der Waals surface area contributed by atoms with Crippen molar-refractivity contribution in [2.45, 2.75) is 45.4 Å². The minimum atomic E-state index is -0.377. The summed E-state index contributed by atoms with van der Waals surface area (Å²) in [6.07, 6.45) is 5.87. The lowest BCUT2D eigenvalue weighted by Gasteiger charge is -2.08. The Balaban J connectivity index is 2.05. The monoisotopic (exact) mass is 292 g/mol. The van der Waals surface area contributed by atoms with Crippen molar-refractivity contribution in [1.29, 1.82) is 0 Å². The summed E-state index contributed by atoms with van der Waals surface area (Å²) in [5.41, 5.74) is 4.73. The Labute approximate surface area is 126 Å². The molecule has 1 aromatic carbocycles. The molecule has 0 aliphatic carbocycles. The lowest BCUT2D eigenvalue weighted by molar-refractivity contribution is -0.130. The number of hydrazine groups is 1. The molecule has 0 saturated carbocycles. The van der Waals surface area contributed by atoms with E-state index >= 15 is 0 Å². The first-order valence-electron chi connectivity index (χ1n) is 7.48. The first-order chi connectivity index (χ1) is 10.2.